The van der Waals surface area contributed by atoms with E-state index in [4.69, 9.17) is 4.74 Å². The molecule has 4 rings (SSSR count). The van der Waals surface area contributed by atoms with Crippen molar-refractivity contribution in [2.75, 3.05) is 0 Å². The number of hydrogen-bond donors (Lipinski definition) is 0. The average Bonchev–Trinajstić information content (AvgIpc) is 3.19. The molecule has 0 unspecified atom stereocenters. The van der Waals surface area contributed by atoms with Gasteiger partial charge in [0, 0.05) is 19.1 Å². The number of benzene rings is 2. The van der Waals surface area contributed by atoms with Crippen LogP contribution < -0.4 is 0 Å². The number of rotatable bonds is 5. The molecular weight excluding hydrogens is 258 g/mol. The molecule has 1 aliphatic heterocycles. The first-order valence-electron chi connectivity index (χ1n) is 7.87. The number of hydrogen-bond acceptors (Lipinski definition) is 2. The lowest BCUT2D eigenvalue weighted by molar-refractivity contribution is 0.130. The lowest BCUT2D eigenvalue weighted by Crippen LogP contribution is -2.36. The van der Waals surface area contributed by atoms with Crippen LogP contribution in [0.3, 0.4) is 0 Å². The predicted octanol–water partition coefficient (Wildman–Crippen LogP) is 3.62. The van der Waals surface area contributed by atoms with Gasteiger partial charge in [-0.15, -0.1) is 0 Å². The fourth-order valence-electron chi connectivity index (χ4n) is 3.54. The summed E-state index contributed by atoms with van der Waals surface area (Å²) < 4.78 is 5.78. The fraction of sp³-hybridized carbons (Fsp3) is 0.368. The lowest BCUT2D eigenvalue weighted by atomic mass is 10.1. The van der Waals surface area contributed by atoms with E-state index in [9.17, 15) is 0 Å². The zero-order valence-electron chi connectivity index (χ0n) is 12.2. The van der Waals surface area contributed by atoms with Crippen LogP contribution in [0.1, 0.15) is 24.0 Å². The van der Waals surface area contributed by atoms with Crippen LogP contribution in [0.5, 0.6) is 0 Å². The highest BCUT2D eigenvalue weighted by Crippen LogP contribution is 2.42. The van der Waals surface area contributed by atoms with Crippen molar-refractivity contribution in [2.45, 2.75) is 44.2 Å². The summed E-state index contributed by atoms with van der Waals surface area (Å²) in [5.41, 5.74) is 2.77. The van der Waals surface area contributed by atoms with Gasteiger partial charge < -0.3 is 4.74 Å². The minimum Gasteiger partial charge on any atom is -0.368 e. The molecule has 2 nitrogen and oxygen atoms in total. The molecule has 2 aromatic rings. The van der Waals surface area contributed by atoms with E-state index < -0.39 is 0 Å². The molecule has 0 bridgehead atoms. The van der Waals surface area contributed by atoms with Crippen molar-refractivity contribution in [1.29, 1.82) is 0 Å². The van der Waals surface area contributed by atoms with Crippen LogP contribution >= 0.6 is 0 Å². The van der Waals surface area contributed by atoms with Crippen molar-refractivity contribution in [3.63, 3.8) is 0 Å². The Bertz CT molecular complexity index is 542. The van der Waals surface area contributed by atoms with E-state index in [-0.39, 0.29) is 0 Å². The van der Waals surface area contributed by atoms with Gasteiger partial charge in [0.2, 0.25) is 0 Å². The quantitative estimate of drug-likeness (QED) is 0.777. The van der Waals surface area contributed by atoms with E-state index in [1.165, 1.54) is 24.0 Å². The molecule has 2 aliphatic rings. The van der Waals surface area contributed by atoms with Gasteiger partial charge in [-0.3, -0.25) is 4.90 Å². The Labute approximate surface area is 126 Å². The van der Waals surface area contributed by atoms with Gasteiger partial charge in [-0.2, -0.15) is 0 Å². The van der Waals surface area contributed by atoms with Gasteiger partial charge in [0.25, 0.3) is 0 Å². The van der Waals surface area contributed by atoms with Crippen LogP contribution in [0, 0.1) is 0 Å². The third kappa shape index (κ3) is 2.87. The Kier molecular flexibility index (Phi) is 3.50. The van der Waals surface area contributed by atoms with Crippen LogP contribution in [0.4, 0.5) is 0 Å². The highest BCUT2D eigenvalue weighted by atomic mass is 16.6. The SMILES string of the molecule is c1ccc(CN(Cc2ccccc2)[C@@H]2CC[C@H]3O[C@@H]23)cc1. The molecule has 2 fully saturated rings. The topological polar surface area (TPSA) is 15.8 Å². The van der Waals surface area contributed by atoms with Crippen LogP contribution in [-0.4, -0.2) is 23.1 Å². The number of ether oxygens (including phenoxy) is 1. The molecule has 1 saturated carbocycles. The minimum atomic E-state index is 0.484. The molecule has 21 heavy (non-hydrogen) atoms. The maximum atomic E-state index is 5.78. The van der Waals surface area contributed by atoms with E-state index in [1.54, 1.807) is 0 Å². The average molecular weight is 279 g/mol. The second kappa shape index (κ2) is 5.63. The Hall–Kier alpha value is -1.64. The normalized spacial score (nSPS) is 26.8. The first-order chi connectivity index (χ1) is 10.4. The van der Waals surface area contributed by atoms with Crippen molar-refractivity contribution in [3.05, 3.63) is 71.8 Å². The number of epoxide rings is 1. The summed E-state index contributed by atoms with van der Waals surface area (Å²) in [6.45, 7) is 2.01. The number of nitrogens with zero attached hydrogens (tertiary/aromatic N) is 1. The minimum absolute atomic E-state index is 0.484. The lowest BCUT2D eigenvalue weighted by Gasteiger charge is -2.29. The molecule has 3 atom stereocenters. The Morgan fingerprint density at radius 3 is 1.81 bits per heavy atom. The molecule has 2 aromatic carbocycles. The third-order valence-corrected chi connectivity index (χ3v) is 4.67. The van der Waals surface area contributed by atoms with Gasteiger partial charge in [0.05, 0.1) is 12.2 Å². The molecule has 0 aromatic heterocycles. The molecule has 1 heterocycles. The van der Waals surface area contributed by atoms with Crippen molar-refractivity contribution < 1.29 is 4.74 Å². The van der Waals surface area contributed by atoms with Crippen LogP contribution in [0.2, 0.25) is 0 Å². The Morgan fingerprint density at radius 1 is 0.810 bits per heavy atom. The maximum absolute atomic E-state index is 5.78. The summed E-state index contributed by atoms with van der Waals surface area (Å²) >= 11 is 0. The molecule has 1 saturated heterocycles. The molecule has 2 heteroatoms. The molecule has 1 aliphatic carbocycles. The van der Waals surface area contributed by atoms with E-state index >= 15 is 0 Å². The Morgan fingerprint density at radius 2 is 1.38 bits per heavy atom. The number of fused-ring (bicyclic) bond motifs is 1. The first-order valence-corrected chi connectivity index (χ1v) is 7.87. The summed E-state index contributed by atoms with van der Waals surface area (Å²) in [6.07, 6.45) is 3.53. The summed E-state index contributed by atoms with van der Waals surface area (Å²) in [5.74, 6) is 0. The van der Waals surface area contributed by atoms with Gasteiger partial charge in [-0.25, -0.2) is 0 Å². The standard InChI is InChI=1S/C19H21NO/c1-3-7-15(8-4-1)13-20(14-16-9-5-2-6-10-16)17-11-12-18-19(17)21-18/h1-10,17-19H,11-14H2/t17-,18-,19+/m1/s1. The zero-order chi connectivity index (χ0) is 14.1. The van der Waals surface area contributed by atoms with E-state index in [1.807, 2.05) is 0 Å². The second-order valence-corrected chi connectivity index (χ2v) is 6.16. The monoisotopic (exact) mass is 279 g/mol. The molecule has 0 radical (unpaired) electrons. The molecular formula is C19H21NO. The fourth-order valence-corrected chi connectivity index (χ4v) is 3.54. The maximum Gasteiger partial charge on any atom is 0.0996 e. The zero-order valence-corrected chi connectivity index (χ0v) is 12.2. The largest absolute Gasteiger partial charge is 0.368 e. The highest BCUT2D eigenvalue weighted by molar-refractivity contribution is 5.18. The third-order valence-electron chi connectivity index (χ3n) is 4.67. The molecule has 0 spiro atoms. The van der Waals surface area contributed by atoms with Gasteiger partial charge in [0.15, 0.2) is 0 Å². The predicted molar refractivity (Wildman–Crippen MR) is 83.8 cm³/mol. The Balaban J connectivity index is 1.53. The van der Waals surface area contributed by atoms with E-state index in [0.717, 1.165) is 13.1 Å². The highest BCUT2D eigenvalue weighted by Gasteiger charge is 2.52. The van der Waals surface area contributed by atoms with Crippen molar-refractivity contribution in [2.24, 2.45) is 0 Å². The molecule has 108 valence electrons. The summed E-state index contributed by atoms with van der Waals surface area (Å²) in [6, 6.07) is 22.1. The van der Waals surface area contributed by atoms with Gasteiger partial charge in [-0.1, -0.05) is 60.7 Å². The van der Waals surface area contributed by atoms with Crippen LogP contribution in [-0.2, 0) is 17.8 Å². The summed E-state index contributed by atoms with van der Waals surface area (Å²) in [5, 5.41) is 0. The van der Waals surface area contributed by atoms with Gasteiger partial charge in [0.1, 0.15) is 0 Å². The van der Waals surface area contributed by atoms with Gasteiger partial charge in [-0.05, 0) is 24.0 Å². The molecule has 0 N–H and O–H groups in total. The summed E-state index contributed by atoms with van der Waals surface area (Å²) in [4.78, 5) is 2.60. The van der Waals surface area contributed by atoms with E-state index in [0.29, 0.717) is 18.2 Å². The smallest absolute Gasteiger partial charge is 0.0996 e. The van der Waals surface area contributed by atoms with Crippen molar-refractivity contribution in [3.8, 4) is 0 Å². The second-order valence-electron chi connectivity index (χ2n) is 6.16. The first kappa shape index (κ1) is 13.1. The van der Waals surface area contributed by atoms with Crippen molar-refractivity contribution in [1.82, 2.24) is 4.90 Å². The van der Waals surface area contributed by atoms with Crippen molar-refractivity contribution >= 4 is 0 Å². The molecule has 0 amide bonds. The van der Waals surface area contributed by atoms with Crippen LogP contribution in [0.25, 0.3) is 0 Å². The summed E-state index contributed by atoms with van der Waals surface area (Å²) in [7, 11) is 0. The van der Waals surface area contributed by atoms with Crippen LogP contribution in [0.15, 0.2) is 60.7 Å². The van der Waals surface area contributed by atoms with Gasteiger partial charge >= 0.3 is 0 Å². The van der Waals surface area contributed by atoms with E-state index in [2.05, 4.69) is 65.6 Å².